The van der Waals surface area contributed by atoms with Crippen LogP contribution in [-0.2, 0) is 0 Å². The number of methoxy groups -OCH3 is 2. The van der Waals surface area contributed by atoms with Gasteiger partial charge >= 0.3 is 0 Å². The fourth-order valence-corrected chi connectivity index (χ4v) is 2.43. The van der Waals surface area contributed by atoms with Crippen molar-refractivity contribution in [3.05, 3.63) is 17.7 Å². The zero-order valence-corrected chi connectivity index (χ0v) is 11.8. The highest BCUT2D eigenvalue weighted by Crippen LogP contribution is 2.39. The van der Waals surface area contributed by atoms with Crippen molar-refractivity contribution in [2.75, 3.05) is 27.0 Å². The summed E-state index contributed by atoms with van der Waals surface area (Å²) in [6.45, 7) is 2.88. The molecule has 1 rings (SSSR count). The van der Waals surface area contributed by atoms with Crippen LogP contribution >= 0.6 is 11.8 Å². The van der Waals surface area contributed by atoms with Crippen LogP contribution in [0.2, 0.25) is 0 Å². The average molecular weight is 255 g/mol. The molecule has 0 aliphatic carbocycles. The summed E-state index contributed by atoms with van der Waals surface area (Å²) in [6.07, 6.45) is 3.01. The van der Waals surface area contributed by atoms with Crippen molar-refractivity contribution in [1.82, 2.24) is 0 Å². The van der Waals surface area contributed by atoms with Gasteiger partial charge in [0.1, 0.15) is 0 Å². The highest BCUT2D eigenvalue weighted by molar-refractivity contribution is 7.98. The van der Waals surface area contributed by atoms with Crippen LogP contribution in [0.15, 0.2) is 17.0 Å². The molecule has 0 aromatic heterocycles. The lowest BCUT2D eigenvalue weighted by Crippen LogP contribution is -2.05. The lowest BCUT2D eigenvalue weighted by Gasteiger charge is -2.17. The van der Waals surface area contributed by atoms with E-state index in [0.29, 0.717) is 12.5 Å². The summed E-state index contributed by atoms with van der Waals surface area (Å²) in [5, 5.41) is 0. The molecule has 1 unspecified atom stereocenters. The molecule has 2 N–H and O–H groups in total. The van der Waals surface area contributed by atoms with E-state index >= 15 is 0 Å². The van der Waals surface area contributed by atoms with Gasteiger partial charge in [0, 0.05) is 0 Å². The first kappa shape index (κ1) is 14.2. The highest BCUT2D eigenvalue weighted by atomic mass is 32.2. The van der Waals surface area contributed by atoms with Crippen molar-refractivity contribution in [3.63, 3.8) is 0 Å². The van der Waals surface area contributed by atoms with Gasteiger partial charge in [-0.1, -0.05) is 6.92 Å². The van der Waals surface area contributed by atoms with E-state index in [0.717, 1.165) is 22.8 Å². The summed E-state index contributed by atoms with van der Waals surface area (Å²) in [5.74, 6) is 2.03. The Labute approximate surface area is 108 Å². The Kier molecular flexibility index (Phi) is 5.65. The van der Waals surface area contributed by atoms with Gasteiger partial charge in [0.15, 0.2) is 11.5 Å². The van der Waals surface area contributed by atoms with Crippen LogP contribution in [-0.4, -0.2) is 27.0 Å². The molecule has 0 aliphatic heterocycles. The number of benzene rings is 1. The largest absolute Gasteiger partial charge is 0.493 e. The molecule has 4 heteroatoms. The third-order valence-electron chi connectivity index (χ3n) is 2.86. The highest BCUT2D eigenvalue weighted by Gasteiger charge is 2.14. The summed E-state index contributed by atoms with van der Waals surface area (Å²) < 4.78 is 10.8. The van der Waals surface area contributed by atoms with E-state index < -0.39 is 0 Å². The number of rotatable bonds is 6. The maximum atomic E-state index is 5.60. The van der Waals surface area contributed by atoms with Crippen molar-refractivity contribution < 1.29 is 9.47 Å². The molecular weight excluding hydrogens is 234 g/mol. The van der Waals surface area contributed by atoms with E-state index in [1.807, 2.05) is 12.3 Å². The monoisotopic (exact) mass is 255 g/mol. The van der Waals surface area contributed by atoms with Gasteiger partial charge in [-0.2, -0.15) is 0 Å². The molecule has 1 atom stereocenters. The van der Waals surface area contributed by atoms with Crippen LogP contribution in [0.1, 0.15) is 24.8 Å². The van der Waals surface area contributed by atoms with E-state index in [4.69, 9.17) is 15.2 Å². The normalized spacial score (nSPS) is 12.3. The Morgan fingerprint density at radius 3 is 2.47 bits per heavy atom. The maximum absolute atomic E-state index is 5.60. The van der Waals surface area contributed by atoms with Crippen LogP contribution in [0.3, 0.4) is 0 Å². The SMILES string of the molecule is COc1cc(C(C)CCN)cc(SC)c1OC. The van der Waals surface area contributed by atoms with Gasteiger partial charge in [-0.25, -0.2) is 0 Å². The summed E-state index contributed by atoms with van der Waals surface area (Å²) in [5.41, 5.74) is 6.85. The number of nitrogens with two attached hydrogens (primary N) is 1. The van der Waals surface area contributed by atoms with Crippen molar-refractivity contribution in [3.8, 4) is 11.5 Å². The number of hydrogen-bond donors (Lipinski definition) is 1. The second-order valence-corrected chi connectivity index (χ2v) is 4.79. The van der Waals surface area contributed by atoms with Gasteiger partial charge in [-0.15, -0.1) is 11.8 Å². The minimum absolute atomic E-state index is 0.436. The minimum Gasteiger partial charge on any atom is -0.493 e. The number of ether oxygens (including phenoxy) is 2. The summed E-state index contributed by atoms with van der Waals surface area (Å²) in [7, 11) is 3.33. The molecule has 0 radical (unpaired) electrons. The Balaban J connectivity index is 3.17. The van der Waals surface area contributed by atoms with E-state index in [-0.39, 0.29) is 0 Å². The third kappa shape index (κ3) is 3.30. The van der Waals surface area contributed by atoms with Gasteiger partial charge in [-0.05, 0) is 42.8 Å². The Bertz CT molecular complexity index is 343. The van der Waals surface area contributed by atoms with E-state index in [1.165, 1.54) is 5.56 Å². The smallest absolute Gasteiger partial charge is 0.174 e. The molecular formula is C13H21NO2S. The van der Waals surface area contributed by atoms with E-state index in [1.54, 1.807) is 26.0 Å². The molecule has 0 saturated heterocycles. The van der Waals surface area contributed by atoms with Gasteiger partial charge in [-0.3, -0.25) is 0 Å². The summed E-state index contributed by atoms with van der Waals surface area (Å²) in [6, 6.07) is 4.20. The topological polar surface area (TPSA) is 44.5 Å². The first-order valence-corrected chi connectivity index (χ1v) is 6.90. The van der Waals surface area contributed by atoms with Crippen molar-refractivity contribution >= 4 is 11.8 Å². The average Bonchev–Trinajstić information content (AvgIpc) is 2.37. The number of thioether (sulfide) groups is 1. The molecule has 0 saturated carbocycles. The van der Waals surface area contributed by atoms with Crippen LogP contribution in [0.4, 0.5) is 0 Å². The quantitative estimate of drug-likeness (QED) is 0.794. The maximum Gasteiger partial charge on any atom is 0.174 e. The van der Waals surface area contributed by atoms with Gasteiger partial charge < -0.3 is 15.2 Å². The van der Waals surface area contributed by atoms with Gasteiger partial charge in [0.2, 0.25) is 0 Å². The zero-order valence-electron chi connectivity index (χ0n) is 10.9. The molecule has 1 aromatic rings. The molecule has 0 aliphatic rings. The van der Waals surface area contributed by atoms with Crippen LogP contribution in [0, 0.1) is 0 Å². The summed E-state index contributed by atoms with van der Waals surface area (Å²) in [4.78, 5) is 1.10. The molecule has 0 bridgehead atoms. The van der Waals surface area contributed by atoms with Crippen molar-refractivity contribution in [2.24, 2.45) is 5.73 Å². The van der Waals surface area contributed by atoms with Gasteiger partial charge in [0.05, 0.1) is 19.1 Å². The van der Waals surface area contributed by atoms with Crippen molar-refractivity contribution in [2.45, 2.75) is 24.2 Å². The summed E-state index contributed by atoms with van der Waals surface area (Å²) >= 11 is 1.66. The number of hydrogen-bond acceptors (Lipinski definition) is 4. The molecule has 3 nitrogen and oxygen atoms in total. The predicted molar refractivity (Wildman–Crippen MR) is 73.4 cm³/mol. The fourth-order valence-electron chi connectivity index (χ4n) is 1.80. The Morgan fingerprint density at radius 2 is 2.00 bits per heavy atom. The zero-order chi connectivity index (χ0) is 12.8. The lowest BCUT2D eigenvalue weighted by atomic mass is 9.97. The van der Waals surface area contributed by atoms with Crippen LogP contribution < -0.4 is 15.2 Å². The van der Waals surface area contributed by atoms with E-state index in [9.17, 15) is 0 Å². The Hall–Kier alpha value is -0.870. The van der Waals surface area contributed by atoms with E-state index in [2.05, 4.69) is 13.0 Å². The molecule has 0 amide bonds. The lowest BCUT2D eigenvalue weighted by molar-refractivity contribution is 0.347. The second-order valence-electron chi connectivity index (χ2n) is 3.94. The van der Waals surface area contributed by atoms with Gasteiger partial charge in [0.25, 0.3) is 0 Å². The fraction of sp³-hybridized carbons (Fsp3) is 0.538. The molecule has 0 fully saturated rings. The molecule has 0 heterocycles. The standard InChI is InChI=1S/C13H21NO2S/c1-9(5-6-14)10-7-11(15-2)13(16-3)12(8-10)17-4/h7-9H,5-6,14H2,1-4H3. The first-order chi connectivity index (χ1) is 8.17. The van der Waals surface area contributed by atoms with Crippen LogP contribution in [0.25, 0.3) is 0 Å². The van der Waals surface area contributed by atoms with Crippen molar-refractivity contribution in [1.29, 1.82) is 0 Å². The first-order valence-electron chi connectivity index (χ1n) is 5.67. The van der Waals surface area contributed by atoms with Crippen LogP contribution in [0.5, 0.6) is 11.5 Å². The molecule has 0 spiro atoms. The molecule has 17 heavy (non-hydrogen) atoms. The Morgan fingerprint density at radius 1 is 1.29 bits per heavy atom. The molecule has 96 valence electrons. The second kappa shape index (κ2) is 6.77. The molecule has 1 aromatic carbocycles. The predicted octanol–water partition coefficient (Wildman–Crippen LogP) is 2.88. The third-order valence-corrected chi connectivity index (χ3v) is 3.60. The minimum atomic E-state index is 0.436.